The van der Waals surface area contributed by atoms with Crippen molar-refractivity contribution in [3.8, 4) is 0 Å². The summed E-state index contributed by atoms with van der Waals surface area (Å²) in [5.41, 5.74) is 37.8. The van der Waals surface area contributed by atoms with Gasteiger partial charge in [-0.05, 0) is 81.5 Å². The number of hydrogen-bond acceptors (Lipinski definition) is 7. The molecule has 1 fully saturated rings. The van der Waals surface area contributed by atoms with Crippen LogP contribution >= 0.6 is 8.86 Å². The first kappa shape index (κ1) is 48.0. The molecule has 3 rings (SSSR count). The lowest BCUT2D eigenvalue weighted by molar-refractivity contribution is 0.194. The van der Waals surface area contributed by atoms with Crippen LogP contribution in [0.4, 0.5) is 0 Å². The van der Waals surface area contributed by atoms with Crippen molar-refractivity contribution in [3.05, 3.63) is 122 Å². The molecule has 0 saturated carbocycles. The highest BCUT2D eigenvalue weighted by atomic mass is 31.0. The Morgan fingerprint density at radius 2 is 1.48 bits per heavy atom. The smallest absolute Gasteiger partial charge is 0.185 e. The van der Waals surface area contributed by atoms with Crippen LogP contribution in [0.1, 0.15) is 70.4 Å². The lowest BCUT2D eigenvalue weighted by Crippen LogP contribution is -2.54. The van der Waals surface area contributed by atoms with Gasteiger partial charge in [0.1, 0.15) is 0 Å². The standard InChI is InChI=1S/C31H54N7P.C7H8.2C2H5N/c1-22(2)19-29(37-23(3)27(21-32)20-26-11-7-6-8-12-26)28(13-9-10-16-36-30(33)34)24(4)38-17-14-31(35,15-18-38)25(5)39;1-7-5-3-2-4-6-7;2*1-2-3/h6-8,11-12,22,27-29,37,39H,3-4,9-10,13-21,32,35H2,1-2,5H3,(H4,33,34,36);2-6H,1H3;2*2H,1,3H2/t27?,28?,29-;;;/m1.../s1. The summed E-state index contributed by atoms with van der Waals surface area (Å²) in [5, 5.41) is 4.98. The predicted octanol–water partition coefficient (Wildman–Crippen LogP) is 6.20. The number of hydrogen-bond donors (Lipinski definition) is 7. The molecule has 0 aromatic heterocycles. The lowest BCUT2D eigenvalue weighted by Gasteiger charge is -2.44. The van der Waals surface area contributed by atoms with Gasteiger partial charge in [0, 0.05) is 61.0 Å². The molecule has 2 aromatic rings. The first-order valence-electron chi connectivity index (χ1n) is 18.4. The van der Waals surface area contributed by atoms with Crippen molar-refractivity contribution in [2.75, 3.05) is 26.2 Å². The molecule has 0 radical (unpaired) electrons. The minimum Gasteiger partial charge on any atom is -0.405 e. The van der Waals surface area contributed by atoms with Gasteiger partial charge in [-0.2, -0.15) is 0 Å². The molecule has 2 aromatic carbocycles. The Kier molecular flexibility index (Phi) is 25.4. The highest BCUT2D eigenvalue weighted by molar-refractivity contribution is 7.21. The molecule has 1 heterocycles. The maximum atomic E-state index is 6.67. The number of aliphatic imine (C=N–C) groups is 1. The van der Waals surface area contributed by atoms with Crippen molar-refractivity contribution in [1.29, 1.82) is 0 Å². The Morgan fingerprint density at radius 1 is 0.962 bits per heavy atom. The van der Waals surface area contributed by atoms with Crippen molar-refractivity contribution in [3.63, 3.8) is 0 Å². The van der Waals surface area contributed by atoms with Crippen LogP contribution in [0.5, 0.6) is 0 Å². The average Bonchev–Trinajstić information content (AvgIpc) is 3.10. The van der Waals surface area contributed by atoms with Gasteiger partial charge in [-0.3, -0.25) is 4.99 Å². The minimum atomic E-state index is -0.265. The number of likely N-dealkylation sites (tertiary alicyclic amines) is 1. The number of unbranched alkanes of at least 4 members (excludes halogenated alkanes) is 1. The van der Waals surface area contributed by atoms with Gasteiger partial charge in [-0.15, -0.1) is 8.86 Å². The van der Waals surface area contributed by atoms with E-state index in [1.54, 1.807) is 0 Å². The molecule has 0 bridgehead atoms. The van der Waals surface area contributed by atoms with Gasteiger partial charge in [0.25, 0.3) is 0 Å². The van der Waals surface area contributed by atoms with Gasteiger partial charge >= 0.3 is 0 Å². The third-order valence-electron chi connectivity index (χ3n) is 9.08. The van der Waals surface area contributed by atoms with E-state index in [4.69, 9.17) is 22.9 Å². The molecule has 52 heavy (non-hydrogen) atoms. The Morgan fingerprint density at radius 3 is 1.90 bits per heavy atom. The summed E-state index contributed by atoms with van der Waals surface area (Å²) in [6.45, 7) is 27.1. The maximum absolute atomic E-state index is 6.67. The van der Waals surface area contributed by atoms with Crippen LogP contribution in [0, 0.1) is 24.7 Å². The van der Waals surface area contributed by atoms with Crippen molar-refractivity contribution >= 4 is 20.1 Å². The SMILES string of the molecule is C=C(N[C@H](CC(C)C)C(CCCCN=C(N)N)C(=C)N1CCC(N)(C(C)=P)CC1)C(CN)Cc1ccccc1.C=CN.C=CN.Cc1ccccc1. The van der Waals surface area contributed by atoms with Crippen molar-refractivity contribution < 1.29 is 0 Å². The molecule has 1 saturated heterocycles. The van der Waals surface area contributed by atoms with Gasteiger partial charge in [0.05, 0.1) is 0 Å². The fourth-order valence-electron chi connectivity index (χ4n) is 6.06. The number of aryl methyl sites for hydroxylation is 1. The zero-order chi connectivity index (χ0) is 39.5. The van der Waals surface area contributed by atoms with Gasteiger partial charge in [-0.25, -0.2) is 0 Å². The highest BCUT2D eigenvalue weighted by Crippen LogP contribution is 2.32. The summed E-state index contributed by atoms with van der Waals surface area (Å²) in [6.07, 6.45) is 9.13. The number of guanidine groups is 1. The van der Waals surface area contributed by atoms with Crippen LogP contribution in [0.2, 0.25) is 0 Å². The number of rotatable bonds is 17. The van der Waals surface area contributed by atoms with Gasteiger partial charge in [0.15, 0.2) is 5.96 Å². The summed E-state index contributed by atoms with van der Waals surface area (Å²) >= 11 is 0. The Bertz CT molecular complexity index is 1310. The fourth-order valence-corrected chi connectivity index (χ4v) is 6.31. The molecule has 9 nitrogen and oxygen atoms in total. The summed E-state index contributed by atoms with van der Waals surface area (Å²) < 4.78 is 0. The quantitative estimate of drug-likeness (QED) is 0.0434. The third kappa shape index (κ3) is 20.1. The number of nitrogens with two attached hydrogens (primary N) is 6. The van der Waals surface area contributed by atoms with E-state index in [-0.39, 0.29) is 29.4 Å². The summed E-state index contributed by atoms with van der Waals surface area (Å²) in [4.78, 5) is 6.63. The van der Waals surface area contributed by atoms with Gasteiger partial charge in [0.2, 0.25) is 0 Å². The molecule has 3 atom stereocenters. The van der Waals surface area contributed by atoms with E-state index in [2.05, 4.69) is 126 Å². The van der Waals surface area contributed by atoms with Crippen molar-refractivity contribution in [2.24, 2.45) is 57.1 Å². The van der Waals surface area contributed by atoms with E-state index in [0.717, 1.165) is 69.0 Å². The molecular formula is C42H72N9P. The normalized spacial score (nSPS) is 14.6. The summed E-state index contributed by atoms with van der Waals surface area (Å²) in [7, 11) is 3.71. The van der Waals surface area contributed by atoms with E-state index in [1.807, 2.05) is 24.3 Å². The van der Waals surface area contributed by atoms with Crippen LogP contribution in [-0.2, 0) is 6.42 Å². The van der Waals surface area contributed by atoms with E-state index in [1.165, 1.54) is 29.2 Å². The monoisotopic (exact) mass is 734 g/mol. The lowest BCUT2D eigenvalue weighted by atomic mass is 9.82. The maximum Gasteiger partial charge on any atom is 0.185 e. The second-order valence-electron chi connectivity index (χ2n) is 13.8. The molecule has 290 valence electrons. The van der Waals surface area contributed by atoms with E-state index in [9.17, 15) is 0 Å². The fraction of sp³-hybridized carbons (Fsp3) is 0.476. The summed E-state index contributed by atoms with van der Waals surface area (Å²) in [6, 6.07) is 21.0. The highest BCUT2D eigenvalue weighted by Gasteiger charge is 2.35. The number of nitrogens with one attached hydrogen (secondary N) is 1. The van der Waals surface area contributed by atoms with Crippen LogP contribution in [-0.4, -0.2) is 53.9 Å². The second-order valence-corrected chi connectivity index (χ2v) is 14.6. The molecular weight excluding hydrogens is 661 g/mol. The minimum absolute atomic E-state index is 0.148. The summed E-state index contributed by atoms with van der Waals surface area (Å²) in [5.74, 6) is 1.07. The number of piperidine rings is 1. The topological polar surface area (TPSA) is 184 Å². The molecule has 13 N–H and O–H groups in total. The molecule has 2 unspecified atom stereocenters. The molecule has 10 heteroatoms. The molecule has 0 aliphatic carbocycles. The van der Waals surface area contributed by atoms with E-state index < -0.39 is 0 Å². The average molecular weight is 734 g/mol. The van der Waals surface area contributed by atoms with Gasteiger partial charge in [-0.1, -0.05) is 113 Å². The number of benzene rings is 2. The molecule has 0 amide bonds. The van der Waals surface area contributed by atoms with Crippen LogP contribution in [0.15, 0.2) is 116 Å². The Hall–Kier alpha value is -4.04. The van der Waals surface area contributed by atoms with Crippen LogP contribution in [0.25, 0.3) is 0 Å². The Labute approximate surface area is 319 Å². The first-order chi connectivity index (χ1) is 24.7. The molecule has 0 spiro atoms. The van der Waals surface area contributed by atoms with E-state index >= 15 is 0 Å². The predicted molar refractivity (Wildman–Crippen MR) is 232 cm³/mol. The largest absolute Gasteiger partial charge is 0.405 e. The zero-order valence-corrected chi connectivity index (χ0v) is 33.7. The van der Waals surface area contributed by atoms with Crippen molar-refractivity contribution in [2.45, 2.75) is 84.2 Å². The zero-order valence-electron chi connectivity index (χ0n) is 32.7. The van der Waals surface area contributed by atoms with Crippen molar-refractivity contribution in [1.82, 2.24) is 10.2 Å². The first-order valence-corrected chi connectivity index (χ1v) is 18.9. The third-order valence-corrected chi connectivity index (χ3v) is 9.58. The Balaban J connectivity index is 0.00000169. The molecule has 1 aliphatic heterocycles. The van der Waals surface area contributed by atoms with E-state index in [0.29, 0.717) is 19.0 Å². The van der Waals surface area contributed by atoms with Gasteiger partial charge < -0.3 is 44.6 Å². The molecule has 1 aliphatic rings. The second kappa shape index (κ2) is 27.6. The number of nitrogens with zero attached hydrogens (tertiary/aromatic N) is 2. The van der Waals surface area contributed by atoms with Crippen LogP contribution in [0.3, 0.4) is 0 Å². The van der Waals surface area contributed by atoms with Crippen LogP contribution < -0.4 is 39.7 Å².